The van der Waals surface area contributed by atoms with Crippen molar-refractivity contribution in [1.29, 1.82) is 0 Å². The Hall–Kier alpha value is -1.26. The van der Waals surface area contributed by atoms with Crippen LogP contribution in [-0.2, 0) is 4.74 Å². The molecule has 2 rings (SSSR count). The summed E-state index contributed by atoms with van der Waals surface area (Å²) in [4.78, 5) is 4.28. The maximum Gasteiger partial charge on any atom is 0.295 e. The number of halogens is 1. The molecule has 0 spiro atoms. The summed E-state index contributed by atoms with van der Waals surface area (Å²) in [7, 11) is 1.66. The summed E-state index contributed by atoms with van der Waals surface area (Å²) in [5, 5.41) is 3.74. The number of benzene rings is 1. The van der Waals surface area contributed by atoms with Crippen molar-refractivity contribution in [2.75, 3.05) is 19.0 Å². The average Bonchev–Trinajstić information content (AvgIpc) is 2.59. The third kappa shape index (κ3) is 2.46. The Morgan fingerprint density at radius 3 is 3.12 bits per heavy atom. The lowest BCUT2D eigenvalue weighted by Crippen LogP contribution is -2.20. The first-order valence-electron chi connectivity index (χ1n) is 5.00. The molecule has 0 aliphatic rings. The van der Waals surface area contributed by atoms with Gasteiger partial charge in [0, 0.05) is 18.2 Å². The van der Waals surface area contributed by atoms with Crippen LogP contribution in [0.3, 0.4) is 0 Å². The monoisotopic (exact) mass is 240 g/mol. The number of hydrogen-bond acceptors (Lipinski definition) is 4. The van der Waals surface area contributed by atoms with Crippen molar-refractivity contribution in [1.82, 2.24) is 4.98 Å². The molecular weight excluding hydrogens is 228 g/mol. The highest BCUT2D eigenvalue weighted by molar-refractivity contribution is 6.31. The first-order valence-corrected chi connectivity index (χ1v) is 5.38. The van der Waals surface area contributed by atoms with E-state index in [1.807, 2.05) is 13.0 Å². The number of fused-ring (bicyclic) bond motifs is 1. The van der Waals surface area contributed by atoms with Crippen molar-refractivity contribution in [3.05, 3.63) is 23.2 Å². The first kappa shape index (κ1) is 11.2. The molecule has 0 aliphatic heterocycles. The van der Waals surface area contributed by atoms with Crippen LogP contribution in [0.5, 0.6) is 0 Å². The van der Waals surface area contributed by atoms with E-state index in [0.717, 1.165) is 5.52 Å². The summed E-state index contributed by atoms with van der Waals surface area (Å²) in [5.41, 5.74) is 1.47. The van der Waals surface area contributed by atoms with E-state index in [4.69, 9.17) is 20.8 Å². The van der Waals surface area contributed by atoms with Crippen LogP contribution in [0.25, 0.3) is 11.1 Å². The molecule has 2 aromatic rings. The van der Waals surface area contributed by atoms with Gasteiger partial charge in [-0.2, -0.15) is 4.98 Å². The Morgan fingerprint density at radius 2 is 2.38 bits per heavy atom. The van der Waals surface area contributed by atoms with Gasteiger partial charge < -0.3 is 14.5 Å². The Kier molecular flexibility index (Phi) is 3.31. The van der Waals surface area contributed by atoms with E-state index in [1.54, 1.807) is 19.2 Å². The molecule has 0 saturated heterocycles. The summed E-state index contributed by atoms with van der Waals surface area (Å²) < 4.78 is 10.5. The summed E-state index contributed by atoms with van der Waals surface area (Å²) in [6, 6.07) is 5.99. The molecule has 16 heavy (non-hydrogen) atoms. The molecule has 1 N–H and O–H groups in total. The summed E-state index contributed by atoms with van der Waals surface area (Å²) in [6.07, 6.45) is 0. The zero-order valence-electron chi connectivity index (χ0n) is 9.16. The number of nitrogens with one attached hydrogen (secondary N) is 1. The smallest absolute Gasteiger partial charge is 0.295 e. The van der Waals surface area contributed by atoms with Crippen LogP contribution in [-0.4, -0.2) is 24.7 Å². The van der Waals surface area contributed by atoms with Crippen molar-refractivity contribution >= 4 is 28.7 Å². The second-order valence-corrected chi connectivity index (χ2v) is 4.07. The predicted molar refractivity (Wildman–Crippen MR) is 64.0 cm³/mol. The summed E-state index contributed by atoms with van der Waals surface area (Å²) in [5.74, 6) is 0. The number of hydrogen-bond donors (Lipinski definition) is 1. The molecule has 0 saturated carbocycles. The molecule has 0 fully saturated rings. The quantitative estimate of drug-likeness (QED) is 0.893. The van der Waals surface area contributed by atoms with E-state index in [1.165, 1.54) is 0 Å². The molecule has 0 radical (unpaired) electrons. The second kappa shape index (κ2) is 4.72. The molecule has 1 atom stereocenters. The summed E-state index contributed by atoms with van der Waals surface area (Å²) >= 11 is 5.86. The second-order valence-electron chi connectivity index (χ2n) is 3.63. The van der Waals surface area contributed by atoms with Gasteiger partial charge in [0.15, 0.2) is 5.58 Å². The van der Waals surface area contributed by atoms with Gasteiger partial charge in [0.2, 0.25) is 0 Å². The van der Waals surface area contributed by atoms with E-state index in [9.17, 15) is 0 Å². The number of aromatic nitrogens is 1. The fraction of sp³-hybridized carbons (Fsp3) is 0.364. The number of methoxy groups -OCH3 is 1. The fourth-order valence-electron chi connectivity index (χ4n) is 1.46. The van der Waals surface area contributed by atoms with Crippen LogP contribution in [0.4, 0.5) is 6.01 Å². The molecule has 1 heterocycles. The Morgan fingerprint density at radius 1 is 1.56 bits per heavy atom. The summed E-state index contributed by atoms with van der Waals surface area (Å²) in [6.45, 7) is 2.59. The zero-order valence-corrected chi connectivity index (χ0v) is 9.91. The van der Waals surface area contributed by atoms with Crippen LogP contribution in [0, 0.1) is 0 Å². The number of ether oxygens (including phenoxy) is 1. The zero-order chi connectivity index (χ0) is 11.5. The third-order valence-electron chi connectivity index (χ3n) is 2.14. The van der Waals surface area contributed by atoms with Crippen LogP contribution >= 0.6 is 11.6 Å². The maximum atomic E-state index is 5.86. The van der Waals surface area contributed by atoms with Gasteiger partial charge in [-0.15, -0.1) is 0 Å². The molecule has 5 heteroatoms. The lowest BCUT2D eigenvalue weighted by atomic mass is 10.3. The average molecular weight is 241 g/mol. The highest BCUT2D eigenvalue weighted by atomic mass is 35.5. The highest BCUT2D eigenvalue weighted by Gasteiger charge is 2.08. The van der Waals surface area contributed by atoms with Crippen LogP contribution in [0.15, 0.2) is 22.6 Å². The molecule has 1 aromatic carbocycles. The minimum Gasteiger partial charge on any atom is -0.423 e. The fourth-order valence-corrected chi connectivity index (χ4v) is 1.62. The van der Waals surface area contributed by atoms with Crippen molar-refractivity contribution in [3.63, 3.8) is 0 Å². The van der Waals surface area contributed by atoms with Gasteiger partial charge in [0.25, 0.3) is 6.01 Å². The Balaban J connectivity index is 2.19. The van der Waals surface area contributed by atoms with E-state index < -0.39 is 0 Å². The molecule has 86 valence electrons. The normalized spacial score (nSPS) is 12.9. The van der Waals surface area contributed by atoms with Gasteiger partial charge in [-0.05, 0) is 19.1 Å². The van der Waals surface area contributed by atoms with Gasteiger partial charge >= 0.3 is 0 Å². The molecule has 4 nitrogen and oxygen atoms in total. The standard InChI is InChI=1S/C11H13ClN2O2/c1-7(6-15-2)13-11-14-9-4-3-8(12)5-10(9)16-11/h3-5,7H,6H2,1-2H3,(H,13,14). The first-order chi connectivity index (χ1) is 7.69. The number of nitrogens with zero attached hydrogens (tertiary/aromatic N) is 1. The number of anilines is 1. The lowest BCUT2D eigenvalue weighted by molar-refractivity contribution is 0.189. The number of oxazole rings is 1. The van der Waals surface area contributed by atoms with Crippen molar-refractivity contribution in [2.24, 2.45) is 0 Å². The van der Waals surface area contributed by atoms with Gasteiger partial charge in [-0.25, -0.2) is 0 Å². The molecule has 0 aliphatic carbocycles. The largest absolute Gasteiger partial charge is 0.423 e. The predicted octanol–water partition coefficient (Wildman–Crippen LogP) is 2.93. The van der Waals surface area contributed by atoms with Gasteiger partial charge in [0.05, 0.1) is 12.6 Å². The molecule has 0 bridgehead atoms. The van der Waals surface area contributed by atoms with Crippen LogP contribution < -0.4 is 5.32 Å². The van der Waals surface area contributed by atoms with Gasteiger partial charge in [-0.1, -0.05) is 11.6 Å². The lowest BCUT2D eigenvalue weighted by Gasteiger charge is -2.09. The minimum atomic E-state index is 0.147. The molecule has 1 unspecified atom stereocenters. The van der Waals surface area contributed by atoms with Crippen molar-refractivity contribution in [3.8, 4) is 0 Å². The van der Waals surface area contributed by atoms with E-state index in [0.29, 0.717) is 23.2 Å². The van der Waals surface area contributed by atoms with E-state index in [2.05, 4.69) is 10.3 Å². The van der Waals surface area contributed by atoms with Gasteiger partial charge in [0.1, 0.15) is 5.52 Å². The van der Waals surface area contributed by atoms with Crippen molar-refractivity contribution < 1.29 is 9.15 Å². The minimum absolute atomic E-state index is 0.147. The molecular formula is C11H13ClN2O2. The van der Waals surface area contributed by atoms with Gasteiger partial charge in [-0.3, -0.25) is 0 Å². The third-order valence-corrected chi connectivity index (χ3v) is 2.37. The Bertz CT molecular complexity index is 484. The topological polar surface area (TPSA) is 47.3 Å². The van der Waals surface area contributed by atoms with Crippen LogP contribution in [0.2, 0.25) is 5.02 Å². The molecule has 1 aromatic heterocycles. The SMILES string of the molecule is COCC(C)Nc1nc2ccc(Cl)cc2o1. The Labute approximate surface area is 98.6 Å². The van der Waals surface area contributed by atoms with E-state index >= 15 is 0 Å². The van der Waals surface area contributed by atoms with Crippen molar-refractivity contribution in [2.45, 2.75) is 13.0 Å². The highest BCUT2D eigenvalue weighted by Crippen LogP contribution is 2.22. The van der Waals surface area contributed by atoms with E-state index in [-0.39, 0.29) is 6.04 Å². The maximum absolute atomic E-state index is 5.86. The molecule has 0 amide bonds. The van der Waals surface area contributed by atoms with Crippen LogP contribution in [0.1, 0.15) is 6.92 Å². The number of rotatable bonds is 4.